The predicted octanol–water partition coefficient (Wildman–Crippen LogP) is 14.3. The number of carbonyl (C=O) groups is 1. The molecule has 0 bridgehead atoms. The van der Waals surface area contributed by atoms with Gasteiger partial charge in [0.05, 0.1) is 0 Å². The molecule has 0 aromatic rings. The summed E-state index contributed by atoms with van der Waals surface area (Å²) in [6.45, 7) is 19.1. The van der Waals surface area contributed by atoms with Crippen LogP contribution in [-0.4, -0.2) is 12.1 Å². The van der Waals surface area contributed by atoms with Crippen LogP contribution in [0.3, 0.4) is 0 Å². The van der Waals surface area contributed by atoms with Gasteiger partial charge in [0.25, 0.3) is 0 Å². The minimum Gasteiger partial charge on any atom is -0.462 e. The quantitative estimate of drug-likeness (QED) is 0.0694. The molecule has 0 heterocycles. The van der Waals surface area contributed by atoms with Crippen LogP contribution in [0.15, 0.2) is 35.5 Å². The molecular weight excluding hydrogens is 585 g/mol. The molecule has 0 amide bonds. The molecule has 48 heavy (non-hydrogen) atoms. The number of esters is 1. The van der Waals surface area contributed by atoms with Crippen LogP contribution in [0, 0.1) is 40.4 Å². The zero-order valence-corrected chi connectivity index (χ0v) is 32.8. The predicted molar refractivity (Wildman–Crippen MR) is 207 cm³/mol. The highest BCUT2D eigenvalue weighted by Crippen LogP contribution is 2.66. The van der Waals surface area contributed by atoms with E-state index in [1.807, 2.05) is 11.1 Å². The standard InChI is InChI=1S/C46H78O2/c1-8-9-10-11-12-13-14-15-16-17-18-19-20-21-22-23-44(47)48-39-30-32-45(6)38(34-39)26-27-40-42-29-28-41(46(42,7)33-31-43(40)45)37(5)25-24-36(4)35(2)3/h15-16,35,37-39,41-42H,4,8-14,17-34H2,1-3,5-7H3/b16-15-/t37-,38+,39+,41-,42+,45+,46-/m1/s1. The molecule has 0 radical (unpaired) electrons. The number of hydrogen-bond donors (Lipinski definition) is 0. The monoisotopic (exact) mass is 663 g/mol. The number of unbranched alkanes of at least 4 members (excludes halogenated alkanes) is 11. The molecule has 0 spiro atoms. The van der Waals surface area contributed by atoms with E-state index >= 15 is 0 Å². The fourth-order valence-electron chi connectivity index (χ4n) is 11.0. The third-order valence-electron chi connectivity index (χ3n) is 14.4. The van der Waals surface area contributed by atoms with Gasteiger partial charge in [-0.1, -0.05) is 128 Å². The molecule has 0 aromatic heterocycles. The second-order valence-electron chi connectivity index (χ2n) is 17.9. The lowest BCUT2D eigenvalue weighted by molar-refractivity contribution is -0.153. The number of rotatable bonds is 21. The number of ether oxygens (including phenoxy) is 1. The SMILES string of the molecule is C=C(CC[C@@H](C)[C@H]1CC[C@H]2C3=C(CC[C@]12C)[C@@]1(C)CC[C@H](OC(=O)CCCCCCC/C=C\CCCCCCCC)C[C@@H]1CC3)C(C)C. The van der Waals surface area contributed by atoms with Gasteiger partial charge in [-0.25, -0.2) is 0 Å². The van der Waals surface area contributed by atoms with Crippen molar-refractivity contribution in [3.63, 3.8) is 0 Å². The summed E-state index contributed by atoms with van der Waals surface area (Å²) in [5.41, 5.74) is 6.01. The van der Waals surface area contributed by atoms with Crippen LogP contribution in [-0.2, 0) is 9.53 Å². The summed E-state index contributed by atoms with van der Waals surface area (Å²) in [6.07, 6.45) is 36.3. The first-order chi connectivity index (χ1) is 23.1. The van der Waals surface area contributed by atoms with E-state index in [0.717, 1.165) is 43.4 Å². The van der Waals surface area contributed by atoms with Crippen LogP contribution in [0.1, 0.15) is 202 Å². The van der Waals surface area contributed by atoms with Crippen LogP contribution < -0.4 is 0 Å². The lowest BCUT2D eigenvalue weighted by atomic mass is 9.50. The molecule has 0 aromatic carbocycles. The highest BCUT2D eigenvalue weighted by molar-refractivity contribution is 5.69. The van der Waals surface area contributed by atoms with Crippen molar-refractivity contribution in [2.45, 2.75) is 208 Å². The second kappa shape index (κ2) is 19.3. The molecule has 4 rings (SSSR count). The Labute approximate surface area is 298 Å². The van der Waals surface area contributed by atoms with Crippen molar-refractivity contribution in [2.75, 3.05) is 0 Å². The van der Waals surface area contributed by atoms with Crippen LogP contribution in [0.5, 0.6) is 0 Å². The molecule has 274 valence electrons. The Morgan fingerprint density at radius 1 is 0.833 bits per heavy atom. The summed E-state index contributed by atoms with van der Waals surface area (Å²) in [5, 5.41) is 0. The second-order valence-corrected chi connectivity index (χ2v) is 17.9. The van der Waals surface area contributed by atoms with Gasteiger partial charge in [0.2, 0.25) is 0 Å². The van der Waals surface area contributed by atoms with E-state index < -0.39 is 0 Å². The highest BCUT2D eigenvalue weighted by Gasteiger charge is 2.56. The fraction of sp³-hybridized carbons (Fsp3) is 0.848. The minimum atomic E-state index is 0.0634. The van der Waals surface area contributed by atoms with Gasteiger partial charge in [-0.2, -0.15) is 0 Å². The van der Waals surface area contributed by atoms with Crippen LogP contribution in [0.25, 0.3) is 0 Å². The van der Waals surface area contributed by atoms with Crippen molar-refractivity contribution < 1.29 is 9.53 Å². The maximum atomic E-state index is 12.8. The first-order valence-corrected chi connectivity index (χ1v) is 21.3. The van der Waals surface area contributed by atoms with Crippen molar-refractivity contribution >= 4 is 5.97 Å². The van der Waals surface area contributed by atoms with Crippen molar-refractivity contribution in [3.05, 3.63) is 35.5 Å². The summed E-state index contributed by atoms with van der Waals surface area (Å²) in [6, 6.07) is 0. The largest absolute Gasteiger partial charge is 0.462 e. The van der Waals surface area contributed by atoms with E-state index in [2.05, 4.69) is 60.3 Å². The number of carbonyl (C=O) groups excluding carboxylic acids is 1. The lowest BCUT2D eigenvalue weighted by Crippen LogP contribution is -2.46. The summed E-state index contributed by atoms with van der Waals surface area (Å²) in [7, 11) is 0. The van der Waals surface area contributed by atoms with Gasteiger partial charge in [-0.15, -0.1) is 0 Å². The van der Waals surface area contributed by atoms with Crippen molar-refractivity contribution in [1.29, 1.82) is 0 Å². The number of hydrogen-bond acceptors (Lipinski definition) is 2. The van der Waals surface area contributed by atoms with Gasteiger partial charge in [-0.05, 0) is 143 Å². The Bertz CT molecular complexity index is 1060. The topological polar surface area (TPSA) is 26.3 Å². The molecule has 2 nitrogen and oxygen atoms in total. The van der Waals surface area contributed by atoms with E-state index in [4.69, 9.17) is 4.74 Å². The Morgan fingerprint density at radius 3 is 2.19 bits per heavy atom. The summed E-state index contributed by atoms with van der Waals surface area (Å²) in [4.78, 5) is 12.8. The summed E-state index contributed by atoms with van der Waals surface area (Å²) >= 11 is 0. The molecule has 0 aliphatic heterocycles. The Kier molecular flexibility index (Phi) is 15.9. The van der Waals surface area contributed by atoms with E-state index in [1.54, 1.807) is 0 Å². The van der Waals surface area contributed by atoms with E-state index in [9.17, 15) is 4.79 Å². The smallest absolute Gasteiger partial charge is 0.306 e. The van der Waals surface area contributed by atoms with E-state index in [1.165, 1.54) is 134 Å². The lowest BCUT2D eigenvalue weighted by Gasteiger charge is -2.55. The Balaban J connectivity index is 1.13. The molecular formula is C46H78O2. The van der Waals surface area contributed by atoms with Gasteiger partial charge < -0.3 is 4.74 Å². The molecule has 4 aliphatic carbocycles. The number of fused-ring (bicyclic) bond motifs is 4. The molecule has 4 aliphatic rings. The Morgan fingerprint density at radius 2 is 1.50 bits per heavy atom. The van der Waals surface area contributed by atoms with Crippen molar-refractivity contribution in [2.24, 2.45) is 40.4 Å². The van der Waals surface area contributed by atoms with Gasteiger partial charge in [-0.3, -0.25) is 4.79 Å². The van der Waals surface area contributed by atoms with Gasteiger partial charge in [0.15, 0.2) is 0 Å². The zero-order valence-electron chi connectivity index (χ0n) is 32.8. The van der Waals surface area contributed by atoms with E-state index in [-0.39, 0.29) is 12.1 Å². The average Bonchev–Trinajstić information content (AvgIpc) is 3.42. The molecule has 0 unspecified atom stereocenters. The summed E-state index contributed by atoms with van der Waals surface area (Å²) in [5.74, 6) is 3.82. The zero-order chi connectivity index (χ0) is 34.6. The van der Waals surface area contributed by atoms with Gasteiger partial charge in [0.1, 0.15) is 6.10 Å². The van der Waals surface area contributed by atoms with E-state index in [0.29, 0.717) is 29.1 Å². The first kappa shape index (κ1) is 39.5. The normalized spacial score (nSPS) is 30.7. The summed E-state index contributed by atoms with van der Waals surface area (Å²) < 4.78 is 6.15. The minimum absolute atomic E-state index is 0.0634. The van der Waals surface area contributed by atoms with Gasteiger partial charge >= 0.3 is 5.97 Å². The highest BCUT2D eigenvalue weighted by atomic mass is 16.5. The molecule has 2 heteroatoms. The van der Waals surface area contributed by atoms with Crippen LogP contribution in [0.2, 0.25) is 0 Å². The molecule has 0 N–H and O–H groups in total. The first-order valence-electron chi connectivity index (χ1n) is 21.3. The molecule has 7 atom stereocenters. The molecule has 2 fully saturated rings. The molecule has 2 saturated carbocycles. The fourth-order valence-corrected chi connectivity index (χ4v) is 11.0. The third-order valence-corrected chi connectivity index (χ3v) is 14.4. The van der Waals surface area contributed by atoms with Crippen LogP contribution >= 0.6 is 0 Å². The maximum Gasteiger partial charge on any atom is 0.306 e. The van der Waals surface area contributed by atoms with Crippen LogP contribution in [0.4, 0.5) is 0 Å². The van der Waals surface area contributed by atoms with Crippen molar-refractivity contribution in [3.8, 4) is 0 Å². The average molecular weight is 663 g/mol. The molecule has 0 saturated heterocycles. The Hall–Kier alpha value is -1.31. The van der Waals surface area contributed by atoms with Crippen molar-refractivity contribution in [1.82, 2.24) is 0 Å². The number of allylic oxidation sites excluding steroid dienone is 5. The maximum absolute atomic E-state index is 12.8. The van der Waals surface area contributed by atoms with Gasteiger partial charge in [0, 0.05) is 6.42 Å². The third kappa shape index (κ3) is 10.4.